The molecule has 1 aliphatic carbocycles. The molecule has 1 saturated carbocycles. The molecule has 5 nitrogen and oxygen atoms in total. The molecule has 154 valence electrons. The van der Waals surface area contributed by atoms with Crippen LogP contribution < -0.4 is 16.2 Å². The van der Waals surface area contributed by atoms with Gasteiger partial charge in [0.2, 0.25) is 0 Å². The second-order valence-electron chi connectivity index (χ2n) is 7.17. The fourth-order valence-electron chi connectivity index (χ4n) is 3.33. The van der Waals surface area contributed by atoms with Gasteiger partial charge in [0.25, 0.3) is 11.5 Å². The Morgan fingerprint density at radius 3 is 2.68 bits per heavy atom. The number of thioether (sulfide) groups is 1. The summed E-state index contributed by atoms with van der Waals surface area (Å²) in [7, 11) is 0. The lowest BCUT2D eigenvalue weighted by Gasteiger charge is -2.21. The molecule has 3 N–H and O–H groups in total. The van der Waals surface area contributed by atoms with Crippen LogP contribution in [0.5, 0.6) is 0 Å². The average molecular weight is 414 g/mol. The van der Waals surface area contributed by atoms with E-state index in [2.05, 4.69) is 20.6 Å². The van der Waals surface area contributed by atoms with Crippen LogP contribution in [0.25, 0.3) is 10.9 Å². The minimum absolute atomic E-state index is 0. The maximum absolute atomic E-state index is 14.3. The summed E-state index contributed by atoms with van der Waals surface area (Å²) >= 11 is 1.73. The van der Waals surface area contributed by atoms with Crippen molar-refractivity contribution in [2.45, 2.75) is 43.6 Å². The SMILES string of the molecule is C.O=c1[nH]c(CSC2CCNCC2)nc2cc(NCC3CC3(F)F)cc(F)c12. The zero-order valence-corrected chi connectivity index (χ0v) is 15.5. The number of nitrogens with zero attached hydrogens (tertiary/aromatic N) is 1. The molecule has 1 saturated heterocycles. The van der Waals surface area contributed by atoms with Crippen molar-refractivity contribution in [3.8, 4) is 0 Å². The summed E-state index contributed by atoms with van der Waals surface area (Å²) in [6.45, 7) is 2.04. The van der Waals surface area contributed by atoms with E-state index < -0.39 is 23.2 Å². The summed E-state index contributed by atoms with van der Waals surface area (Å²) in [5, 5.41) is 6.55. The molecule has 1 aromatic carbocycles. The molecule has 28 heavy (non-hydrogen) atoms. The van der Waals surface area contributed by atoms with Gasteiger partial charge in [-0.3, -0.25) is 4.79 Å². The highest BCUT2D eigenvalue weighted by atomic mass is 32.2. The molecule has 1 aromatic heterocycles. The van der Waals surface area contributed by atoms with Crippen LogP contribution in [0.4, 0.5) is 18.9 Å². The van der Waals surface area contributed by atoms with Gasteiger partial charge < -0.3 is 15.6 Å². The molecular weight excluding hydrogens is 389 g/mol. The van der Waals surface area contributed by atoms with Gasteiger partial charge in [0.1, 0.15) is 17.0 Å². The van der Waals surface area contributed by atoms with E-state index in [-0.39, 0.29) is 31.3 Å². The molecule has 1 atom stereocenters. The number of hydrogen-bond donors (Lipinski definition) is 3. The number of hydrogen-bond acceptors (Lipinski definition) is 5. The molecule has 0 amide bonds. The number of piperidine rings is 1. The van der Waals surface area contributed by atoms with Gasteiger partial charge in [0.05, 0.1) is 11.3 Å². The third kappa shape index (κ3) is 4.63. The Kier molecular flexibility index (Phi) is 6.24. The van der Waals surface area contributed by atoms with Gasteiger partial charge in [-0.15, -0.1) is 0 Å². The summed E-state index contributed by atoms with van der Waals surface area (Å²) in [5.41, 5.74) is 0.0844. The predicted octanol–water partition coefficient (Wildman–Crippen LogP) is 3.75. The maximum atomic E-state index is 14.3. The summed E-state index contributed by atoms with van der Waals surface area (Å²) < 4.78 is 40.3. The van der Waals surface area contributed by atoms with Gasteiger partial charge >= 0.3 is 0 Å². The van der Waals surface area contributed by atoms with Crippen molar-refractivity contribution in [1.29, 1.82) is 0 Å². The highest BCUT2D eigenvalue weighted by molar-refractivity contribution is 7.99. The number of aromatic nitrogens is 2. The van der Waals surface area contributed by atoms with E-state index in [1.807, 2.05) is 0 Å². The van der Waals surface area contributed by atoms with E-state index in [4.69, 9.17) is 0 Å². The molecule has 4 rings (SSSR count). The van der Waals surface area contributed by atoms with Crippen LogP contribution in [0.15, 0.2) is 16.9 Å². The number of rotatable bonds is 6. The van der Waals surface area contributed by atoms with Crippen LogP contribution in [0.3, 0.4) is 0 Å². The van der Waals surface area contributed by atoms with E-state index >= 15 is 0 Å². The monoisotopic (exact) mass is 414 g/mol. The average Bonchev–Trinajstić information content (AvgIpc) is 3.25. The number of anilines is 1. The number of benzene rings is 1. The maximum Gasteiger partial charge on any atom is 0.261 e. The second kappa shape index (κ2) is 8.32. The topological polar surface area (TPSA) is 69.8 Å². The summed E-state index contributed by atoms with van der Waals surface area (Å²) in [4.78, 5) is 19.3. The van der Waals surface area contributed by atoms with E-state index in [1.54, 1.807) is 17.8 Å². The molecule has 0 spiro atoms. The van der Waals surface area contributed by atoms with Crippen LogP contribution in [0, 0.1) is 11.7 Å². The van der Waals surface area contributed by atoms with Crippen LogP contribution in [-0.4, -0.2) is 40.8 Å². The van der Waals surface area contributed by atoms with Gasteiger partial charge in [0, 0.05) is 29.8 Å². The first-order valence-corrected chi connectivity index (χ1v) is 10.1. The Bertz CT molecular complexity index is 899. The molecular formula is C19H25F3N4OS. The molecule has 0 radical (unpaired) electrons. The largest absolute Gasteiger partial charge is 0.384 e. The lowest BCUT2D eigenvalue weighted by Crippen LogP contribution is -2.29. The standard InChI is InChI=1S/C18H21F3N4OS.CH4/c19-13-5-11(23-8-10-7-18(10,20)21)6-14-16(13)17(26)25-15(24-14)9-27-12-1-3-22-4-2-12;/h5-6,10,12,22-23H,1-4,7-9H2,(H,24,25,26);1H4. The Morgan fingerprint density at radius 1 is 1.29 bits per heavy atom. The molecule has 9 heteroatoms. The first kappa shape index (κ1) is 21.0. The van der Waals surface area contributed by atoms with Gasteiger partial charge in [-0.25, -0.2) is 18.2 Å². The Balaban J connectivity index is 0.00000225. The smallest absolute Gasteiger partial charge is 0.261 e. The molecule has 0 bridgehead atoms. The molecule has 2 aromatic rings. The zero-order valence-electron chi connectivity index (χ0n) is 14.7. The number of H-pyrrole nitrogens is 1. The third-order valence-electron chi connectivity index (χ3n) is 5.06. The Labute approximate surface area is 165 Å². The van der Waals surface area contributed by atoms with E-state index in [0.29, 0.717) is 22.5 Å². The fourth-order valence-corrected chi connectivity index (χ4v) is 4.43. The van der Waals surface area contributed by atoms with Crippen molar-refractivity contribution in [3.05, 3.63) is 34.1 Å². The molecule has 2 aliphatic rings. The Hall–Kier alpha value is -1.74. The van der Waals surface area contributed by atoms with Crippen molar-refractivity contribution in [2.24, 2.45) is 5.92 Å². The van der Waals surface area contributed by atoms with Gasteiger partial charge in [0.15, 0.2) is 0 Å². The zero-order chi connectivity index (χ0) is 19.0. The fraction of sp³-hybridized carbons (Fsp3) is 0.579. The van der Waals surface area contributed by atoms with E-state index in [1.165, 1.54) is 0 Å². The molecule has 1 aliphatic heterocycles. The molecule has 2 fully saturated rings. The van der Waals surface area contributed by atoms with Gasteiger partial charge in [-0.05, 0) is 38.1 Å². The van der Waals surface area contributed by atoms with E-state index in [0.717, 1.165) is 32.0 Å². The lowest BCUT2D eigenvalue weighted by atomic mass is 10.2. The van der Waals surface area contributed by atoms with Gasteiger partial charge in [-0.1, -0.05) is 7.43 Å². The van der Waals surface area contributed by atoms with Crippen LogP contribution in [-0.2, 0) is 5.75 Å². The Morgan fingerprint density at radius 2 is 2.00 bits per heavy atom. The predicted molar refractivity (Wildman–Crippen MR) is 108 cm³/mol. The third-order valence-corrected chi connectivity index (χ3v) is 6.44. The highest BCUT2D eigenvalue weighted by Gasteiger charge is 2.56. The normalized spacial score (nSPS) is 21.3. The van der Waals surface area contributed by atoms with Crippen molar-refractivity contribution in [2.75, 3.05) is 25.0 Å². The van der Waals surface area contributed by atoms with Crippen molar-refractivity contribution >= 4 is 28.4 Å². The number of alkyl halides is 2. The minimum Gasteiger partial charge on any atom is -0.384 e. The van der Waals surface area contributed by atoms with E-state index in [9.17, 15) is 18.0 Å². The minimum atomic E-state index is -2.63. The second-order valence-corrected chi connectivity index (χ2v) is 8.46. The van der Waals surface area contributed by atoms with Crippen molar-refractivity contribution in [1.82, 2.24) is 15.3 Å². The summed E-state index contributed by atoms with van der Waals surface area (Å²) in [6, 6.07) is 2.70. The summed E-state index contributed by atoms with van der Waals surface area (Å²) in [6.07, 6.45) is 1.99. The first-order chi connectivity index (χ1) is 12.9. The lowest BCUT2D eigenvalue weighted by molar-refractivity contribution is 0.101. The van der Waals surface area contributed by atoms with Crippen LogP contribution in [0.2, 0.25) is 0 Å². The summed E-state index contributed by atoms with van der Waals surface area (Å²) in [5.74, 6) is -3.01. The number of halogens is 3. The highest BCUT2D eigenvalue weighted by Crippen LogP contribution is 2.48. The number of nitrogens with one attached hydrogen (secondary N) is 3. The number of aromatic amines is 1. The van der Waals surface area contributed by atoms with Crippen molar-refractivity contribution < 1.29 is 13.2 Å². The number of fused-ring (bicyclic) bond motifs is 1. The molecule has 1 unspecified atom stereocenters. The first-order valence-electron chi connectivity index (χ1n) is 9.09. The van der Waals surface area contributed by atoms with Crippen LogP contribution >= 0.6 is 11.8 Å². The van der Waals surface area contributed by atoms with Crippen molar-refractivity contribution in [3.63, 3.8) is 0 Å². The quantitative estimate of drug-likeness (QED) is 0.672. The van der Waals surface area contributed by atoms with Gasteiger partial charge in [-0.2, -0.15) is 11.8 Å². The van der Waals surface area contributed by atoms with Crippen LogP contribution in [0.1, 0.15) is 32.5 Å². The molecule has 2 heterocycles.